The molecule has 3 aromatic rings. The van der Waals surface area contributed by atoms with E-state index in [-0.39, 0.29) is 172 Å². The Morgan fingerprint density at radius 2 is 0.946 bits per heavy atom. The van der Waals surface area contributed by atoms with Crippen LogP contribution in [0.5, 0.6) is 0 Å². The Kier molecular flexibility index (Phi) is 25.0. The van der Waals surface area contributed by atoms with Gasteiger partial charge in [0.25, 0.3) is 0 Å². The maximum absolute atomic E-state index is 12.5. The number of anilines is 2. The molecule has 0 atom stereocenters. The van der Waals surface area contributed by atoms with E-state index in [4.69, 9.17) is 11.5 Å². The molecule has 0 aliphatic rings. The summed E-state index contributed by atoms with van der Waals surface area (Å²) >= 11 is 0. The van der Waals surface area contributed by atoms with Crippen LogP contribution in [0.1, 0.15) is 0 Å². The first-order valence-electron chi connectivity index (χ1n) is 13.0. The smallest absolute Gasteiger partial charge is 0.744 e. The predicted octanol–water partition coefficient (Wildman–Crippen LogP) is -12.0. The van der Waals surface area contributed by atoms with Gasteiger partial charge < -0.3 is 29.7 Å². The summed E-state index contributed by atoms with van der Waals surface area (Å²) in [6.07, 6.45) is 0. The number of rotatable bonds is 16. The van der Waals surface area contributed by atoms with Crippen LogP contribution in [0.25, 0.3) is 0 Å². The zero-order valence-electron chi connectivity index (χ0n) is 29.2. The summed E-state index contributed by atoms with van der Waals surface area (Å²) in [6, 6.07) is 6.32. The number of nitrogens with two attached hydrogens (primary N) is 2. The minimum absolute atomic E-state index is 0. The quantitative estimate of drug-likeness (QED) is 0.0442. The molecule has 24 nitrogen and oxygen atoms in total. The first kappa shape index (κ1) is 59.3. The van der Waals surface area contributed by atoms with Gasteiger partial charge in [0, 0.05) is 0 Å². The molecule has 0 amide bonds. The fourth-order valence-electron chi connectivity index (χ4n) is 3.69. The molecule has 34 heteroatoms. The van der Waals surface area contributed by atoms with E-state index < -0.39 is 129 Å². The Balaban J connectivity index is 0. The van der Waals surface area contributed by atoms with Crippen molar-refractivity contribution in [2.45, 2.75) is 19.6 Å². The first-order valence-corrected chi connectivity index (χ1v) is 21.8. The minimum atomic E-state index is -5.54. The van der Waals surface area contributed by atoms with Crippen LogP contribution in [0.15, 0.2) is 88.6 Å². The molecule has 0 aliphatic heterocycles. The Bertz CT molecular complexity index is 2640. The second kappa shape index (κ2) is 23.6. The third-order valence-corrected chi connectivity index (χ3v) is 12.1. The van der Waals surface area contributed by atoms with Gasteiger partial charge in [0.2, 0.25) is 20.8 Å². The van der Waals surface area contributed by atoms with E-state index in [9.17, 15) is 68.7 Å². The average molecular weight is 973 g/mol. The van der Waals surface area contributed by atoms with Crippen molar-refractivity contribution in [1.82, 2.24) is 0 Å². The molecular formula is C22H20K2N6Na2O18S6. The summed E-state index contributed by atoms with van der Waals surface area (Å²) in [5.74, 6) is -2.04. The van der Waals surface area contributed by atoms with Crippen LogP contribution in [-0.4, -0.2) is 93.4 Å². The van der Waals surface area contributed by atoms with Crippen molar-refractivity contribution < 1.29 is 239 Å². The third-order valence-electron chi connectivity index (χ3n) is 6.03. The monoisotopic (exact) mass is 972 g/mol. The van der Waals surface area contributed by atoms with Gasteiger partial charge in [-0.15, -0.1) is 15.3 Å². The molecule has 0 unspecified atom stereocenters. The van der Waals surface area contributed by atoms with Gasteiger partial charge in [-0.05, 0) is 48.5 Å². The molecule has 0 saturated heterocycles. The van der Waals surface area contributed by atoms with Crippen molar-refractivity contribution in [3.63, 3.8) is 0 Å². The van der Waals surface area contributed by atoms with E-state index in [2.05, 4.69) is 28.8 Å². The van der Waals surface area contributed by atoms with Crippen LogP contribution in [0.4, 0.5) is 34.1 Å². The molecule has 0 heterocycles. The molecule has 4 N–H and O–H groups in total. The summed E-state index contributed by atoms with van der Waals surface area (Å²) in [7, 11) is -30.1. The number of hydrogen-bond donors (Lipinski definition) is 2. The molecule has 0 saturated carbocycles. The summed E-state index contributed by atoms with van der Waals surface area (Å²) in [4.78, 5) is -3.69. The van der Waals surface area contributed by atoms with E-state index in [1.165, 1.54) is 0 Å². The molecule has 56 heavy (non-hydrogen) atoms. The van der Waals surface area contributed by atoms with Crippen molar-refractivity contribution in [1.29, 1.82) is 0 Å². The first-order chi connectivity index (χ1) is 23.6. The van der Waals surface area contributed by atoms with Crippen molar-refractivity contribution in [2.75, 3.05) is 36.2 Å². The second-order valence-corrected chi connectivity index (χ2v) is 18.6. The van der Waals surface area contributed by atoms with Crippen molar-refractivity contribution in [3.05, 3.63) is 48.5 Å². The second-order valence-electron chi connectivity index (χ2n) is 9.60. The summed E-state index contributed by atoms with van der Waals surface area (Å²) in [5.41, 5.74) is 7.89. The van der Waals surface area contributed by atoms with Gasteiger partial charge in [-0.1, -0.05) is 0 Å². The summed E-state index contributed by atoms with van der Waals surface area (Å²) < 4.78 is 192. The summed E-state index contributed by atoms with van der Waals surface area (Å²) in [6.45, 7) is -2.12. The number of sulfone groups is 2. The Morgan fingerprint density at radius 1 is 0.518 bits per heavy atom. The Hall–Kier alpha value is 1.19. The van der Waals surface area contributed by atoms with E-state index in [0.717, 1.165) is 24.3 Å². The number of azo groups is 2. The van der Waals surface area contributed by atoms with E-state index in [1.807, 2.05) is 0 Å². The van der Waals surface area contributed by atoms with Crippen molar-refractivity contribution in [2.24, 2.45) is 20.5 Å². The average Bonchev–Trinajstić information content (AvgIpc) is 2.98. The molecule has 0 fully saturated rings. The molecule has 3 aromatic carbocycles. The Labute approximate surface area is 450 Å². The number of hydrogen-bond acceptors (Lipinski definition) is 24. The molecule has 0 aliphatic carbocycles. The zero-order chi connectivity index (χ0) is 39.5. The van der Waals surface area contributed by atoms with Crippen LogP contribution in [0.3, 0.4) is 0 Å². The molecule has 3 rings (SSSR count). The van der Waals surface area contributed by atoms with Gasteiger partial charge in [-0.3, -0.25) is 8.37 Å². The molecule has 286 valence electrons. The van der Waals surface area contributed by atoms with Crippen molar-refractivity contribution in [3.8, 4) is 0 Å². The van der Waals surface area contributed by atoms with E-state index >= 15 is 0 Å². The van der Waals surface area contributed by atoms with Crippen molar-refractivity contribution >= 4 is 94.8 Å². The maximum atomic E-state index is 12.5. The third kappa shape index (κ3) is 18.3. The van der Waals surface area contributed by atoms with Crippen LogP contribution in [0.2, 0.25) is 0 Å². The topological polar surface area (TPSA) is 417 Å². The normalized spacial score (nSPS) is 12.6. The van der Waals surface area contributed by atoms with Crippen LogP contribution >= 0.6 is 0 Å². The molecule has 0 radical (unpaired) electrons. The van der Waals surface area contributed by atoms with E-state index in [1.54, 1.807) is 0 Å². The van der Waals surface area contributed by atoms with Crippen LogP contribution in [-0.2, 0) is 69.1 Å². The maximum Gasteiger partial charge on any atom is 1.00 e. The van der Waals surface area contributed by atoms with Gasteiger partial charge in [0.15, 0.2) is 19.7 Å². The van der Waals surface area contributed by atoms with Gasteiger partial charge in [-0.25, -0.2) is 50.5 Å². The molecular weight excluding hydrogens is 953 g/mol. The number of nitrogens with zero attached hydrogens (tertiary/aromatic N) is 4. The van der Waals surface area contributed by atoms with Gasteiger partial charge in [0.1, 0.15) is 37.3 Å². The Morgan fingerprint density at radius 3 is 1.39 bits per heavy atom. The predicted molar refractivity (Wildman–Crippen MR) is 168 cm³/mol. The van der Waals surface area contributed by atoms with Crippen LogP contribution in [0, 0.1) is 0 Å². The van der Waals surface area contributed by atoms with Gasteiger partial charge in [0.05, 0.1) is 61.4 Å². The molecule has 0 aromatic heterocycles. The van der Waals surface area contributed by atoms with Gasteiger partial charge in [-0.2, -0.15) is 5.11 Å². The SMILES string of the molecule is Nc1c(N=Nc2ccc(S(=O)(=O)CCOS(=O)(=O)[O-])cc2S(=O)(=O)[O-])cc(S(=O)(=O)[O-])c(N)c1N=Nc1ccc(S(=O)(=O)CCOS(=O)(=O)[O-])cc1.[K+].[K+].[Na+].[Na+]. The fourth-order valence-corrected chi connectivity index (χ4v) is 8.01. The van der Waals surface area contributed by atoms with Gasteiger partial charge >= 0.3 is 162 Å². The fraction of sp³-hybridized carbons (Fsp3) is 0.182. The molecule has 0 bridgehead atoms. The minimum Gasteiger partial charge on any atom is -0.744 e. The zero-order valence-corrected chi connectivity index (χ0v) is 44.3. The molecule has 0 spiro atoms. The largest absolute Gasteiger partial charge is 1.00 e. The number of nitrogen functional groups attached to an aromatic ring is 2. The van der Waals surface area contributed by atoms with E-state index in [0.29, 0.717) is 24.3 Å². The van der Waals surface area contributed by atoms with Crippen LogP contribution < -0.4 is 173 Å². The summed E-state index contributed by atoms with van der Waals surface area (Å²) in [5, 5.41) is 14.5. The standard InChI is InChI=1S/C22H24N6O18S6.2K.2Na/c23-20-17(27-26-16-6-5-15(11-18(16)49(33,34)35)48(31,32)10-8-46-52(42,43)44)12-19(50(36,37)38)21(24)22(20)28-25-13-1-3-14(4-2-13)47(29,30)9-7-45-51(39,40)41;;;;/h1-6,11-12H,7-10,23-24H2,(H,33,34,35)(H,36,37,38)(H,39,40,41)(H,42,43,44);;;;/q;4*+1/p-4. The number of benzene rings is 3.